The van der Waals surface area contributed by atoms with Gasteiger partial charge in [0.15, 0.2) is 0 Å². The molecule has 1 aliphatic carbocycles. The van der Waals surface area contributed by atoms with Gasteiger partial charge in [-0.1, -0.05) is 33.6 Å². The van der Waals surface area contributed by atoms with E-state index in [2.05, 4.69) is 32.2 Å². The molecule has 0 radical (unpaired) electrons. The second-order valence-corrected chi connectivity index (χ2v) is 6.07. The van der Waals surface area contributed by atoms with Crippen molar-refractivity contribution in [2.45, 2.75) is 71.8 Å². The van der Waals surface area contributed by atoms with E-state index in [1.165, 1.54) is 31.2 Å². The summed E-state index contributed by atoms with van der Waals surface area (Å²) in [6.45, 7) is 8.06. The third kappa shape index (κ3) is 4.66. The van der Waals surface area contributed by atoms with E-state index in [0.29, 0.717) is 24.7 Å². The molecule has 0 saturated heterocycles. The molecule has 1 aliphatic rings. The molecule has 108 valence electrons. The number of hydrogen-bond acceptors (Lipinski definition) is 3. The van der Waals surface area contributed by atoms with E-state index >= 15 is 0 Å². The molecule has 0 aromatic carbocycles. The van der Waals surface area contributed by atoms with Crippen LogP contribution in [-0.2, 0) is 17.9 Å². The van der Waals surface area contributed by atoms with E-state index < -0.39 is 0 Å². The molecule has 1 N–H and O–H groups in total. The maximum Gasteiger partial charge on any atom is 0.129 e. The molecule has 2 rings (SSSR count). The number of furan rings is 1. The van der Waals surface area contributed by atoms with Gasteiger partial charge < -0.3 is 14.5 Å². The van der Waals surface area contributed by atoms with Gasteiger partial charge in [0.25, 0.3) is 0 Å². The first kappa shape index (κ1) is 14.6. The Morgan fingerprint density at radius 3 is 2.89 bits per heavy atom. The smallest absolute Gasteiger partial charge is 0.129 e. The Kier molecular flexibility index (Phi) is 5.46. The Balaban J connectivity index is 1.76. The molecule has 3 heteroatoms. The van der Waals surface area contributed by atoms with Crippen molar-refractivity contribution in [3.63, 3.8) is 0 Å². The third-order valence-corrected chi connectivity index (χ3v) is 3.89. The number of nitrogens with one attached hydrogen (secondary N) is 1. The molecule has 3 nitrogen and oxygen atoms in total. The maximum absolute atomic E-state index is 6.01. The van der Waals surface area contributed by atoms with Crippen molar-refractivity contribution in [2.75, 3.05) is 0 Å². The molecule has 1 saturated carbocycles. The molecule has 19 heavy (non-hydrogen) atoms. The van der Waals surface area contributed by atoms with Crippen LogP contribution in [0.5, 0.6) is 0 Å². The zero-order valence-electron chi connectivity index (χ0n) is 12.4. The number of hydrogen-bond donors (Lipinski definition) is 1. The summed E-state index contributed by atoms with van der Waals surface area (Å²) in [5.41, 5.74) is 1.20. The lowest BCUT2D eigenvalue weighted by molar-refractivity contribution is -0.0219. The van der Waals surface area contributed by atoms with E-state index in [4.69, 9.17) is 9.15 Å². The minimum atomic E-state index is 0.413. The van der Waals surface area contributed by atoms with Gasteiger partial charge in [-0.15, -0.1) is 0 Å². The van der Waals surface area contributed by atoms with Crippen LogP contribution in [0, 0.1) is 5.92 Å². The average Bonchev–Trinajstić information content (AvgIpc) is 2.83. The second kappa shape index (κ2) is 7.11. The fourth-order valence-corrected chi connectivity index (χ4v) is 2.64. The molecular formula is C16H27NO2. The summed E-state index contributed by atoms with van der Waals surface area (Å²) in [4.78, 5) is 0. The van der Waals surface area contributed by atoms with Crippen LogP contribution in [0.15, 0.2) is 16.7 Å². The summed E-state index contributed by atoms with van der Waals surface area (Å²) in [5.74, 6) is 1.63. The van der Waals surface area contributed by atoms with Gasteiger partial charge in [-0.2, -0.15) is 0 Å². The van der Waals surface area contributed by atoms with Crippen molar-refractivity contribution in [1.82, 2.24) is 5.32 Å². The molecule has 0 spiro atoms. The molecule has 1 aromatic rings. The third-order valence-electron chi connectivity index (χ3n) is 3.89. The van der Waals surface area contributed by atoms with Gasteiger partial charge in [-0.3, -0.25) is 0 Å². The van der Waals surface area contributed by atoms with Gasteiger partial charge in [0, 0.05) is 18.2 Å². The zero-order chi connectivity index (χ0) is 13.7. The summed E-state index contributed by atoms with van der Waals surface area (Å²) in [5, 5.41) is 3.39. The van der Waals surface area contributed by atoms with E-state index in [1.807, 2.05) is 6.26 Å². The highest BCUT2D eigenvalue weighted by atomic mass is 16.5. The first-order chi connectivity index (χ1) is 9.15. The quantitative estimate of drug-likeness (QED) is 0.847. The van der Waals surface area contributed by atoms with Crippen LogP contribution >= 0.6 is 0 Å². The predicted molar refractivity (Wildman–Crippen MR) is 76.9 cm³/mol. The number of rotatable bonds is 6. The molecule has 1 fully saturated rings. The van der Waals surface area contributed by atoms with Crippen molar-refractivity contribution < 1.29 is 9.15 Å². The minimum Gasteiger partial charge on any atom is -0.467 e. The first-order valence-corrected chi connectivity index (χ1v) is 7.56. The number of ether oxygens (including phenoxy) is 1. The fraction of sp³-hybridized carbons (Fsp3) is 0.750. The Labute approximate surface area is 116 Å². The van der Waals surface area contributed by atoms with Crippen LogP contribution < -0.4 is 5.32 Å². The van der Waals surface area contributed by atoms with Crippen molar-refractivity contribution >= 4 is 0 Å². The Bertz CT molecular complexity index is 373. The Hall–Kier alpha value is -0.800. The average molecular weight is 265 g/mol. The van der Waals surface area contributed by atoms with Gasteiger partial charge >= 0.3 is 0 Å². The molecule has 0 aliphatic heterocycles. The molecule has 1 heterocycles. The van der Waals surface area contributed by atoms with Gasteiger partial charge in [0.1, 0.15) is 12.4 Å². The largest absolute Gasteiger partial charge is 0.467 e. The summed E-state index contributed by atoms with van der Waals surface area (Å²) in [6, 6.07) is 2.60. The maximum atomic E-state index is 6.01. The summed E-state index contributed by atoms with van der Waals surface area (Å²) < 4.78 is 11.6. The SMILES string of the molecule is CC(C)NCc1coc(COC2CCCCC2C)c1. The fourth-order valence-electron chi connectivity index (χ4n) is 2.64. The van der Waals surface area contributed by atoms with Crippen molar-refractivity contribution in [3.8, 4) is 0 Å². The summed E-state index contributed by atoms with van der Waals surface area (Å²) in [6.07, 6.45) is 7.40. The van der Waals surface area contributed by atoms with Gasteiger partial charge in [-0.05, 0) is 24.8 Å². The van der Waals surface area contributed by atoms with E-state index in [-0.39, 0.29) is 0 Å². The Morgan fingerprint density at radius 2 is 2.16 bits per heavy atom. The monoisotopic (exact) mass is 265 g/mol. The standard InChI is InChI=1S/C16H27NO2/c1-12(2)17-9-14-8-15(18-10-14)11-19-16-7-5-4-6-13(16)3/h8,10,12-13,16-17H,4-7,9,11H2,1-3H3. The second-order valence-electron chi connectivity index (χ2n) is 6.07. The van der Waals surface area contributed by atoms with E-state index in [1.54, 1.807) is 0 Å². The molecule has 2 atom stereocenters. The van der Waals surface area contributed by atoms with Crippen molar-refractivity contribution in [3.05, 3.63) is 23.7 Å². The van der Waals surface area contributed by atoms with E-state index in [9.17, 15) is 0 Å². The molecular weight excluding hydrogens is 238 g/mol. The highest BCUT2D eigenvalue weighted by Crippen LogP contribution is 2.27. The Morgan fingerprint density at radius 1 is 1.37 bits per heavy atom. The van der Waals surface area contributed by atoms with Crippen molar-refractivity contribution in [2.24, 2.45) is 5.92 Å². The van der Waals surface area contributed by atoms with Gasteiger partial charge in [-0.25, -0.2) is 0 Å². The zero-order valence-corrected chi connectivity index (χ0v) is 12.4. The molecule has 0 amide bonds. The highest BCUT2D eigenvalue weighted by Gasteiger charge is 2.22. The van der Waals surface area contributed by atoms with Crippen LogP contribution in [-0.4, -0.2) is 12.1 Å². The normalized spacial score (nSPS) is 24.0. The predicted octanol–water partition coefficient (Wildman–Crippen LogP) is 3.87. The van der Waals surface area contributed by atoms with Crippen LogP contribution in [0.1, 0.15) is 57.8 Å². The van der Waals surface area contributed by atoms with Crippen LogP contribution in [0.25, 0.3) is 0 Å². The molecule has 1 aromatic heterocycles. The summed E-state index contributed by atoms with van der Waals surface area (Å²) >= 11 is 0. The first-order valence-electron chi connectivity index (χ1n) is 7.56. The molecule has 2 unspecified atom stereocenters. The van der Waals surface area contributed by atoms with Gasteiger partial charge in [0.2, 0.25) is 0 Å². The lowest BCUT2D eigenvalue weighted by Gasteiger charge is -2.28. The van der Waals surface area contributed by atoms with Crippen LogP contribution in [0.4, 0.5) is 0 Å². The highest BCUT2D eigenvalue weighted by molar-refractivity contribution is 5.12. The van der Waals surface area contributed by atoms with E-state index in [0.717, 1.165) is 12.3 Å². The lowest BCUT2D eigenvalue weighted by Crippen LogP contribution is -2.25. The van der Waals surface area contributed by atoms with Crippen molar-refractivity contribution in [1.29, 1.82) is 0 Å². The molecule has 0 bridgehead atoms. The summed E-state index contributed by atoms with van der Waals surface area (Å²) in [7, 11) is 0. The van der Waals surface area contributed by atoms with Crippen LogP contribution in [0.3, 0.4) is 0 Å². The topological polar surface area (TPSA) is 34.4 Å². The van der Waals surface area contributed by atoms with Crippen LogP contribution in [0.2, 0.25) is 0 Å². The van der Waals surface area contributed by atoms with Gasteiger partial charge in [0.05, 0.1) is 12.4 Å². The minimum absolute atomic E-state index is 0.413. The lowest BCUT2D eigenvalue weighted by atomic mass is 9.88.